The Morgan fingerprint density at radius 2 is 2.04 bits per heavy atom. The molecule has 0 spiro atoms. The molecule has 0 saturated heterocycles. The summed E-state index contributed by atoms with van der Waals surface area (Å²) in [5.41, 5.74) is 1.69. The summed E-state index contributed by atoms with van der Waals surface area (Å²) < 4.78 is 10.7. The largest absolute Gasteiger partial charge is 0.496 e. The Balaban J connectivity index is 2.46. The molecule has 0 saturated carbocycles. The Morgan fingerprint density at radius 1 is 1.31 bits per heavy atom. The molecule has 138 valence electrons. The summed E-state index contributed by atoms with van der Waals surface area (Å²) in [4.78, 5) is 32.4. The predicted octanol–water partition coefficient (Wildman–Crippen LogP) is 3.87. The molecule has 7 heteroatoms. The summed E-state index contributed by atoms with van der Waals surface area (Å²) >= 11 is 0. The van der Waals surface area contributed by atoms with Crippen LogP contribution in [-0.2, 0) is 11.2 Å². The molecule has 0 aromatic carbocycles. The highest BCUT2D eigenvalue weighted by molar-refractivity contribution is 5.98. The second kappa shape index (κ2) is 7.95. The average molecular weight is 357 g/mol. The maximum Gasteiger partial charge on any atom is 0.412 e. The van der Waals surface area contributed by atoms with E-state index in [-0.39, 0.29) is 5.56 Å². The monoisotopic (exact) mass is 357 g/mol. The molecular formula is C19H23N3O4. The van der Waals surface area contributed by atoms with E-state index >= 15 is 0 Å². The number of methoxy groups -OCH3 is 1. The van der Waals surface area contributed by atoms with Gasteiger partial charge >= 0.3 is 6.09 Å². The molecule has 0 radical (unpaired) electrons. The lowest BCUT2D eigenvalue weighted by atomic mass is 10.0. The lowest BCUT2D eigenvalue weighted by Crippen LogP contribution is -2.27. The number of rotatable bonds is 5. The van der Waals surface area contributed by atoms with Crippen LogP contribution in [0.2, 0.25) is 0 Å². The van der Waals surface area contributed by atoms with Gasteiger partial charge in [-0.1, -0.05) is 6.92 Å². The van der Waals surface area contributed by atoms with Gasteiger partial charge in [-0.15, -0.1) is 0 Å². The van der Waals surface area contributed by atoms with E-state index in [4.69, 9.17) is 9.47 Å². The maximum absolute atomic E-state index is 12.0. The zero-order valence-electron chi connectivity index (χ0n) is 15.6. The lowest BCUT2D eigenvalue weighted by molar-refractivity contribution is 0.0636. The summed E-state index contributed by atoms with van der Waals surface area (Å²) in [6.45, 7) is 7.27. The molecule has 2 aromatic rings. The number of hydrogen-bond acceptors (Lipinski definition) is 6. The van der Waals surface area contributed by atoms with Crippen LogP contribution in [0.4, 0.5) is 10.5 Å². The van der Waals surface area contributed by atoms with Gasteiger partial charge in [0.1, 0.15) is 11.4 Å². The number of nitrogens with zero attached hydrogens (tertiary/aromatic N) is 2. The lowest BCUT2D eigenvalue weighted by Gasteiger charge is -2.20. The van der Waals surface area contributed by atoms with E-state index in [1.807, 2.05) is 6.92 Å². The van der Waals surface area contributed by atoms with E-state index in [0.29, 0.717) is 29.0 Å². The molecule has 1 amide bonds. The normalized spacial score (nSPS) is 11.0. The SMILES string of the molecule is CCc1cc(OC)c(-c2nccc(NC(=O)OC(C)(C)C)c2C=O)cn1. The van der Waals surface area contributed by atoms with E-state index in [2.05, 4.69) is 15.3 Å². The second-order valence-electron chi connectivity index (χ2n) is 6.60. The first kappa shape index (κ1) is 19.4. The van der Waals surface area contributed by atoms with Gasteiger partial charge in [0.25, 0.3) is 0 Å². The highest BCUT2D eigenvalue weighted by atomic mass is 16.6. The van der Waals surface area contributed by atoms with Crippen LogP contribution < -0.4 is 10.1 Å². The van der Waals surface area contributed by atoms with Crippen LogP contribution in [0.5, 0.6) is 5.75 Å². The van der Waals surface area contributed by atoms with Crippen LogP contribution in [-0.4, -0.2) is 35.1 Å². The minimum atomic E-state index is -0.649. The molecule has 1 N–H and O–H groups in total. The van der Waals surface area contributed by atoms with E-state index in [1.54, 1.807) is 40.1 Å². The first-order valence-electron chi connectivity index (χ1n) is 8.26. The van der Waals surface area contributed by atoms with Crippen molar-refractivity contribution in [2.24, 2.45) is 0 Å². The van der Waals surface area contributed by atoms with Crippen molar-refractivity contribution in [1.82, 2.24) is 9.97 Å². The third-order valence-corrected chi connectivity index (χ3v) is 3.50. The number of carbonyl (C=O) groups is 2. The number of amides is 1. The van der Waals surface area contributed by atoms with Crippen molar-refractivity contribution in [2.75, 3.05) is 12.4 Å². The number of aryl methyl sites for hydroxylation is 1. The van der Waals surface area contributed by atoms with E-state index in [0.717, 1.165) is 12.1 Å². The summed E-state index contributed by atoms with van der Waals surface area (Å²) in [5, 5.41) is 2.59. The summed E-state index contributed by atoms with van der Waals surface area (Å²) in [6.07, 6.45) is 3.86. The molecule has 0 atom stereocenters. The Morgan fingerprint density at radius 3 is 2.62 bits per heavy atom. The molecule has 0 aliphatic heterocycles. The molecule has 2 aromatic heterocycles. The number of carbonyl (C=O) groups excluding carboxylic acids is 2. The number of hydrogen-bond donors (Lipinski definition) is 1. The van der Waals surface area contributed by atoms with Crippen molar-refractivity contribution in [3.8, 4) is 17.0 Å². The molecule has 0 aliphatic carbocycles. The molecule has 0 bridgehead atoms. The van der Waals surface area contributed by atoms with Crippen LogP contribution >= 0.6 is 0 Å². The van der Waals surface area contributed by atoms with Gasteiger partial charge in [0, 0.05) is 24.2 Å². The van der Waals surface area contributed by atoms with Gasteiger partial charge in [0.05, 0.1) is 29.6 Å². The van der Waals surface area contributed by atoms with Crippen molar-refractivity contribution in [3.63, 3.8) is 0 Å². The van der Waals surface area contributed by atoms with Crippen LogP contribution in [0.1, 0.15) is 43.7 Å². The Bertz CT molecular complexity index is 813. The maximum atomic E-state index is 12.0. The van der Waals surface area contributed by atoms with Gasteiger partial charge in [-0.3, -0.25) is 20.1 Å². The third kappa shape index (κ3) is 4.56. The molecule has 0 unspecified atom stereocenters. The van der Waals surface area contributed by atoms with Crippen molar-refractivity contribution in [3.05, 3.63) is 35.8 Å². The van der Waals surface area contributed by atoms with Crippen LogP contribution in [0.25, 0.3) is 11.3 Å². The standard InChI is InChI=1S/C19H23N3O4/c1-6-12-9-16(25-5)13(10-21-12)17-14(11-23)15(7-8-20-17)22-18(24)26-19(2,3)4/h7-11H,6H2,1-5H3,(H,20,22,24). The first-order valence-corrected chi connectivity index (χ1v) is 8.26. The number of ether oxygens (including phenoxy) is 2. The minimum absolute atomic E-state index is 0.225. The molecule has 0 fully saturated rings. The van der Waals surface area contributed by atoms with Gasteiger partial charge in [-0.05, 0) is 33.3 Å². The van der Waals surface area contributed by atoms with Crippen LogP contribution in [0.15, 0.2) is 24.5 Å². The van der Waals surface area contributed by atoms with Gasteiger partial charge in [0.2, 0.25) is 0 Å². The Kier molecular flexibility index (Phi) is 5.92. The van der Waals surface area contributed by atoms with Crippen LogP contribution in [0.3, 0.4) is 0 Å². The van der Waals surface area contributed by atoms with Gasteiger partial charge in [0.15, 0.2) is 6.29 Å². The fraction of sp³-hybridized carbons (Fsp3) is 0.368. The topological polar surface area (TPSA) is 90.4 Å². The first-order chi connectivity index (χ1) is 12.3. The Labute approximate surface area is 152 Å². The van der Waals surface area contributed by atoms with Crippen molar-refractivity contribution < 1.29 is 19.1 Å². The minimum Gasteiger partial charge on any atom is -0.496 e. The molecule has 26 heavy (non-hydrogen) atoms. The van der Waals surface area contributed by atoms with E-state index in [9.17, 15) is 9.59 Å². The number of nitrogens with one attached hydrogen (secondary N) is 1. The highest BCUT2D eigenvalue weighted by Crippen LogP contribution is 2.33. The molecule has 2 heterocycles. The number of pyridine rings is 2. The zero-order chi connectivity index (χ0) is 19.3. The van der Waals surface area contributed by atoms with Crippen molar-refractivity contribution in [2.45, 2.75) is 39.7 Å². The molecule has 0 aliphatic rings. The summed E-state index contributed by atoms with van der Waals surface area (Å²) in [7, 11) is 1.54. The fourth-order valence-electron chi connectivity index (χ4n) is 2.35. The molecule has 7 nitrogen and oxygen atoms in total. The third-order valence-electron chi connectivity index (χ3n) is 3.50. The van der Waals surface area contributed by atoms with Crippen molar-refractivity contribution >= 4 is 18.1 Å². The predicted molar refractivity (Wildman–Crippen MR) is 98.6 cm³/mol. The summed E-state index contributed by atoms with van der Waals surface area (Å²) in [5.74, 6) is 0.557. The highest BCUT2D eigenvalue weighted by Gasteiger charge is 2.20. The smallest absolute Gasteiger partial charge is 0.412 e. The molecule has 2 rings (SSSR count). The summed E-state index contributed by atoms with van der Waals surface area (Å²) in [6, 6.07) is 3.34. The number of aromatic nitrogens is 2. The zero-order valence-corrected chi connectivity index (χ0v) is 15.6. The van der Waals surface area contributed by atoms with E-state index < -0.39 is 11.7 Å². The van der Waals surface area contributed by atoms with Crippen molar-refractivity contribution in [1.29, 1.82) is 0 Å². The van der Waals surface area contributed by atoms with E-state index in [1.165, 1.54) is 12.3 Å². The number of anilines is 1. The fourth-order valence-corrected chi connectivity index (χ4v) is 2.35. The number of aldehydes is 1. The van der Waals surface area contributed by atoms with Crippen LogP contribution in [0, 0.1) is 0 Å². The average Bonchev–Trinajstić information content (AvgIpc) is 2.59. The quantitative estimate of drug-likeness (QED) is 0.817. The second-order valence-corrected chi connectivity index (χ2v) is 6.60. The van der Waals surface area contributed by atoms with Gasteiger partial charge in [-0.25, -0.2) is 4.79 Å². The molecular weight excluding hydrogens is 334 g/mol. The Hall–Kier alpha value is -2.96. The van der Waals surface area contributed by atoms with Gasteiger partial charge < -0.3 is 9.47 Å². The van der Waals surface area contributed by atoms with Gasteiger partial charge in [-0.2, -0.15) is 0 Å².